The second-order valence-corrected chi connectivity index (χ2v) is 23.7. The molecule has 6 aromatic heterocycles. The molecule has 0 fully saturated rings. The zero-order chi connectivity index (χ0) is 56.8. The highest BCUT2D eigenvalue weighted by atomic mass is 15.1. The smallest absolute Gasteiger partial charge is 0.0827 e. The van der Waals surface area contributed by atoms with E-state index in [4.69, 9.17) is 9.97 Å². The molecule has 0 saturated carbocycles. The van der Waals surface area contributed by atoms with Crippen molar-refractivity contribution in [3.63, 3.8) is 0 Å². The fourth-order valence-electron chi connectivity index (χ4n) is 13.9. The molecule has 16 rings (SSSR count). The van der Waals surface area contributed by atoms with E-state index < -0.39 is 0 Å². The van der Waals surface area contributed by atoms with Crippen molar-refractivity contribution in [2.75, 3.05) is 0 Å². The predicted octanol–water partition coefficient (Wildman–Crippen LogP) is 20.3. The molecule has 84 heavy (non-hydrogen) atoms. The third kappa shape index (κ3) is 7.43. The molecule has 0 radical (unpaired) electrons. The molecule has 10 aromatic carbocycles. The molecule has 0 saturated heterocycles. The van der Waals surface area contributed by atoms with E-state index >= 15 is 0 Å². The average molecular weight is 1080 g/mol. The largest absolute Gasteiger partial charge is 0.306 e. The molecule has 0 N–H and O–H groups in total. The van der Waals surface area contributed by atoms with Crippen LogP contribution < -0.4 is 0 Å². The number of nitrogens with zero attached hydrogens (tertiary/aromatic N) is 6. The molecule has 0 bridgehead atoms. The minimum absolute atomic E-state index is 0.841. The standard InChI is InChI=1S/C78H60N6/c1-45-17-25-65-55(37-45)56-38-46(2)18-26-66(56)81(65)75-73(54-33-35-79-36-34-54)76(82-67-27-19-47(3)39-57(67)58-40-48(4)20-28-68(58)82)78(84-71-31-23-51(7)43-61(71)62-44-52(8)24-32-72(62)84)74(64-16-12-15-63(80-64)53-13-10-9-11-14-53)77(75)83-69-29-21-49(5)41-59(69)60-42-50(6)22-30-70(60)83/h9-44H,1-8H3. The Morgan fingerprint density at radius 1 is 0.238 bits per heavy atom. The Kier molecular flexibility index (Phi) is 11.0. The Hall–Kier alpha value is -10.3. The van der Waals surface area contributed by atoms with Crippen LogP contribution in [0.5, 0.6) is 0 Å². The van der Waals surface area contributed by atoms with Gasteiger partial charge in [0.1, 0.15) is 0 Å². The first-order valence-corrected chi connectivity index (χ1v) is 29.2. The maximum absolute atomic E-state index is 6.02. The fraction of sp³-hybridized carbons (Fsp3) is 0.103. The summed E-state index contributed by atoms with van der Waals surface area (Å²) in [5, 5.41) is 9.55. The number of fused-ring (bicyclic) bond motifs is 12. The van der Waals surface area contributed by atoms with Crippen LogP contribution in [-0.2, 0) is 0 Å². The van der Waals surface area contributed by atoms with Gasteiger partial charge >= 0.3 is 0 Å². The average Bonchev–Trinajstić information content (AvgIpc) is 1.42. The molecule has 6 heterocycles. The van der Waals surface area contributed by atoms with E-state index in [0.29, 0.717) is 0 Å². The minimum atomic E-state index is 0.841. The highest BCUT2D eigenvalue weighted by molar-refractivity contribution is 6.19. The van der Waals surface area contributed by atoms with E-state index in [1.165, 1.54) is 87.6 Å². The number of benzene rings is 10. The summed E-state index contributed by atoms with van der Waals surface area (Å²) in [7, 11) is 0. The summed E-state index contributed by atoms with van der Waals surface area (Å²) in [6.45, 7) is 17.7. The summed E-state index contributed by atoms with van der Waals surface area (Å²) in [6.07, 6.45) is 3.94. The van der Waals surface area contributed by atoms with Gasteiger partial charge in [0.05, 0.1) is 83.8 Å². The van der Waals surface area contributed by atoms with Gasteiger partial charge in [0.2, 0.25) is 0 Å². The van der Waals surface area contributed by atoms with E-state index in [2.05, 4.69) is 280 Å². The molecule has 0 aliphatic carbocycles. The Morgan fingerprint density at radius 2 is 0.512 bits per heavy atom. The first-order chi connectivity index (χ1) is 40.9. The van der Waals surface area contributed by atoms with Crippen molar-refractivity contribution in [1.82, 2.24) is 28.2 Å². The van der Waals surface area contributed by atoms with E-state index in [0.717, 1.165) is 101 Å². The topological polar surface area (TPSA) is 45.5 Å². The van der Waals surface area contributed by atoms with Crippen molar-refractivity contribution in [2.24, 2.45) is 0 Å². The zero-order valence-corrected chi connectivity index (χ0v) is 48.5. The van der Waals surface area contributed by atoms with Crippen molar-refractivity contribution >= 4 is 87.2 Å². The molecule has 0 atom stereocenters. The second kappa shape index (κ2) is 18.6. The highest BCUT2D eigenvalue weighted by Gasteiger charge is 2.36. The molecule has 0 amide bonds. The van der Waals surface area contributed by atoms with E-state index in [9.17, 15) is 0 Å². The zero-order valence-electron chi connectivity index (χ0n) is 48.5. The highest BCUT2D eigenvalue weighted by Crippen LogP contribution is 2.55. The van der Waals surface area contributed by atoms with Crippen molar-refractivity contribution in [2.45, 2.75) is 55.4 Å². The van der Waals surface area contributed by atoms with Gasteiger partial charge in [-0.05, 0) is 182 Å². The van der Waals surface area contributed by atoms with Crippen molar-refractivity contribution < 1.29 is 0 Å². The van der Waals surface area contributed by atoms with Gasteiger partial charge in [0, 0.05) is 66.6 Å². The summed E-state index contributed by atoms with van der Waals surface area (Å²) in [6, 6.07) is 77.9. The Bertz CT molecular complexity index is 4940. The third-order valence-electron chi connectivity index (χ3n) is 17.6. The van der Waals surface area contributed by atoms with Crippen LogP contribution in [0, 0.1) is 55.4 Å². The van der Waals surface area contributed by atoms with Gasteiger partial charge in [-0.3, -0.25) is 4.98 Å². The van der Waals surface area contributed by atoms with Crippen LogP contribution in [0.4, 0.5) is 0 Å². The van der Waals surface area contributed by atoms with Gasteiger partial charge in [-0.2, -0.15) is 0 Å². The lowest BCUT2D eigenvalue weighted by atomic mass is 9.91. The van der Waals surface area contributed by atoms with Crippen LogP contribution in [0.3, 0.4) is 0 Å². The molecular weight excluding hydrogens is 1020 g/mol. The summed E-state index contributed by atoms with van der Waals surface area (Å²) < 4.78 is 10.4. The third-order valence-corrected chi connectivity index (χ3v) is 17.6. The quantitative estimate of drug-likeness (QED) is 0.160. The SMILES string of the molecule is Cc1ccc2c(c1)c1cc(C)ccc1n2-c1c(-c2ccncc2)c(-n2c3ccc(C)cc3c3cc(C)ccc32)c(-n2c3ccc(C)cc3c3cc(C)ccc32)c(-c2cccc(-c3ccccc3)n2)c1-n1c2ccc(C)cc2c2cc(C)ccc21. The lowest BCUT2D eigenvalue weighted by molar-refractivity contribution is 1.04. The van der Waals surface area contributed by atoms with E-state index in [-0.39, 0.29) is 0 Å². The molecule has 402 valence electrons. The molecule has 0 aliphatic rings. The Morgan fingerprint density at radius 3 is 0.810 bits per heavy atom. The molecule has 6 nitrogen and oxygen atoms in total. The first kappa shape index (κ1) is 49.5. The molecular formula is C78H60N6. The van der Waals surface area contributed by atoms with Crippen LogP contribution in [0.25, 0.3) is 144 Å². The summed E-state index contributed by atoms with van der Waals surface area (Å²) in [4.78, 5) is 10.8. The van der Waals surface area contributed by atoms with Crippen molar-refractivity contribution in [3.8, 4) is 56.4 Å². The monoisotopic (exact) mass is 1080 g/mol. The molecule has 16 aromatic rings. The lowest BCUT2D eigenvalue weighted by Crippen LogP contribution is -2.16. The van der Waals surface area contributed by atoms with E-state index in [1.54, 1.807) is 0 Å². The van der Waals surface area contributed by atoms with E-state index in [1.807, 2.05) is 12.4 Å². The summed E-state index contributed by atoms with van der Waals surface area (Å²) in [5.74, 6) is 0. The van der Waals surface area contributed by atoms with Crippen LogP contribution >= 0.6 is 0 Å². The first-order valence-electron chi connectivity index (χ1n) is 29.2. The maximum Gasteiger partial charge on any atom is 0.0827 e. The molecule has 6 heteroatoms. The molecule has 0 aliphatic heterocycles. The number of rotatable bonds is 7. The number of hydrogen-bond donors (Lipinski definition) is 0. The Labute approximate surface area is 487 Å². The number of pyridine rings is 2. The van der Waals surface area contributed by atoms with Gasteiger partial charge < -0.3 is 18.3 Å². The van der Waals surface area contributed by atoms with Gasteiger partial charge in [-0.1, -0.05) is 129 Å². The number of aromatic nitrogens is 6. The van der Waals surface area contributed by atoms with Gasteiger partial charge in [0.25, 0.3) is 0 Å². The summed E-state index contributed by atoms with van der Waals surface area (Å²) in [5.41, 5.74) is 28.4. The van der Waals surface area contributed by atoms with Crippen LogP contribution in [0.1, 0.15) is 44.5 Å². The van der Waals surface area contributed by atoms with Crippen molar-refractivity contribution in [3.05, 3.63) is 263 Å². The predicted molar refractivity (Wildman–Crippen MR) is 354 cm³/mol. The normalized spacial score (nSPS) is 12.0. The van der Waals surface area contributed by atoms with Gasteiger partial charge in [-0.25, -0.2) is 4.98 Å². The lowest BCUT2D eigenvalue weighted by Gasteiger charge is -2.31. The van der Waals surface area contributed by atoms with Gasteiger partial charge in [-0.15, -0.1) is 0 Å². The number of aryl methyl sites for hydroxylation is 8. The van der Waals surface area contributed by atoms with Gasteiger partial charge in [0.15, 0.2) is 0 Å². The van der Waals surface area contributed by atoms with Crippen LogP contribution in [0.15, 0.2) is 219 Å². The summed E-state index contributed by atoms with van der Waals surface area (Å²) >= 11 is 0. The fourth-order valence-corrected chi connectivity index (χ4v) is 13.9. The van der Waals surface area contributed by atoms with Crippen LogP contribution in [-0.4, -0.2) is 28.2 Å². The molecule has 0 spiro atoms. The second-order valence-electron chi connectivity index (χ2n) is 23.7. The maximum atomic E-state index is 6.02. The minimum Gasteiger partial charge on any atom is -0.306 e. The molecule has 0 unspecified atom stereocenters. The number of hydrogen-bond acceptors (Lipinski definition) is 2. The van der Waals surface area contributed by atoms with Crippen molar-refractivity contribution in [1.29, 1.82) is 0 Å². The van der Waals surface area contributed by atoms with Crippen LogP contribution in [0.2, 0.25) is 0 Å². The Balaban J connectivity index is 1.30.